The average molecular weight is 370 g/mol. The summed E-state index contributed by atoms with van der Waals surface area (Å²) in [4.78, 5) is 24.2. The van der Waals surface area contributed by atoms with E-state index in [1.807, 2.05) is 55.5 Å². The molecule has 0 saturated heterocycles. The van der Waals surface area contributed by atoms with Gasteiger partial charge in [-0.15, -0.1) is 0 Å². The fourth-order valence-corrected chi connectivity index (χ4v) is 2.85. The first kappa shape index (κ1) is 20.3. The topological polar surface area (TPSA) is 90.6 Å². The molecule has 0 aromatic heterocycles. The Morgan fingerprint density at radius 2 is 1.85 bits per heavy atom. The van der Waals surface area contributed by atoms with E-state index in [0.29, 0.717) is 12.1 Å². The fraction of sp³-hybridized carbons (Fsp3) is 0.333. The number of esters is 1. The van der Waals surface area contributed by atoms with Gasteiger partial charge in [0.15, 0.2) is 0 Å². The van der Waals surface area contributed by atoms with Gasteiger partial charge in [-0.25, -0.2) is 4.79 Å². The highest BCUT2D eigenvalue weighted by atomic mass is 16.5. The Kier molecular flexibility index (Phi) is 6.82. The van der Waals surface area contributed by atoms with Crippen LogP contribution in [-0.2, 0) is 27.3 Å². The van der Waals surface area contributed by atoms with E-state index in [4.69, 9.17) is 15.2 Å². The van der Waals surface area contributed by atoms with Crippen LogP contribution in [0.1, 0.15) is 30.0 Å². The molecular weight excluding hydrogens is 344 g/mol. The summed E-state index contributed by atoms with van der Waals surface area (Å²) in [5, 5.41) is 2.82. The third-order valence-electron chi connectivity index (χ3n) is 4.33. The molecule has 0 unspecified atom stereocenters. The van der Waals surface area contributed by atoms with E-state index in [9.17, 15) is 9.59 Å². The van der Waals surface area contributed by atoms with Crippen LogP contribution in [-0.4, -0.2) is 24.7 Å². The molecule has 0 fully saturated rings. The number of carbonyl (C=O) groups excluding carboxylic acids is 2. The number of hydrogen-bond acceptors (Lipinski definition) is 5. The molecule has 27 heavy (non-hydrogen) atoms. The molecule has 1 atom stereocenters. The Balaban J connectivity index is 2.10. The van der Waals surface area contributed by atoms with E-state index in [1.54, 1.807) is 6.92 Å². The second-order valence-corrected chi connectivity index (χ2v) is 6.86. The number of methoxy groups -OCH3 is 1. The molecular formula is C21H26N2O4. The van der Waals surface area contributed by atoms with Crippen LogP contribution in [0.5, 0.6) is 0 Å². The Bertz CT molecular complexity index is 792. The third kappa shape index (κ3) is 6.33. The van der Waals surface area contributed by atoms with E-state index in [1.165, 1.54) is 7.11 Å². The van der Waals surface area contributed by atoms with Crippen LogP contribution in [0.2, 0.25) is 0 Å². The standard InChI is InChI=1S/C21H26N2O4/c1-15-9-10-18(22)11-17(15)12-21(2,13-19(24)26-3)23-20(25)27-14-16-7-5-4-6-8-16/h4-11H,12-14,22H2,1-3H3,(H,23,25)/t21-/m0/s1. The summed E-state index contributed by atoms with van der Waals surface area (Å²) < 4.78 is 10.1. The van der Waals surface area contributed by atoms with Crippen molar-refractivity contribution in [2.75, 3.05) is 12.8 Å². The van der Waals surface area contributed by atoms with E-state index in [-0.39, 0.29) is 13.0 Å². The molecule has 2 aromatic rings. The number of hydrogen-bond donors (Lipinski definition) is 2. The van der Waals surface area contributed by atoms with Crippen molar-refractivity contribution >= 4 is 17.7 Å². The van der Waals surface area contributed by atoms with Crippen molar-refractivity contribution in [3.8, 4) is 0 Å². The molecule has 2 aromatic carbocycles. The van der Waals surface area contributed by atoms with Gasteiger partial charge in [0, 0.05) is 5.69 Å². The third-order valence-corrected chi connectivity index (χ3v) is 4.33. The molecule has 1 amide bonds. The van der Waals surface area contributed by atoms with Crippen LogP contribution < -0.4 is 11.1 Å². The zero-order chi connectivity index (χ0) is 19.9. The van der Waals surface area contributed by atoms with Gasteiger partial charge >= 0.3 is 12.1 Å². The molecule has 6 nitrogen and oxygen atoms in total. The first-order valence-corrected chi connectivity index (χ1v) is 8.72. The van der Waals surface area contributed by atoms with E-state index in [2.05, 4.69) is 5.32 Å². The summed E-state index contributed by atoms with van der Waals surface area (Å²) in [6, 6.07) is 15.0. The lowest BCUT2D eigenvalue weighted by Crippen LogP contribution is -2.49. The SMILES string of the molecule is COC(=O)C[C@](C)(Cc1cc(N)ccc1C)NC(=O)OCc1ccccc1. The monoisotopic (exact) mass is 370 g/mol. The average Bonchev–Trinajstić information content (AvgIpc) is 2.63. The predicted octanol–water partition coefficient (Wildman–Crippen LogP) is 3.37. The minimum atomic E-state index is -0.876. The van der Waals surface area contributed by atoms with Gasteiger partial charge in [-0.3, -0.25) is 4.79 Å². The smallest absolute Gasteiger partial charge is 0.407 e. The van der Waals surface area contributed by atoms with Crippen LogP contribution in [0.4, 0.5) is 10.5 Å². The highest BCUT2D eigenvalue weighted by molar-refractivity contribution is 5.74. The van der Waals surface area contributed by atoms with Crippen molar-refractivity contribution in [3.63, 3.8) is 0 Å². The highest BCUT2D eigenvalue weighted by Gasteiger charge is 2.31. The number of amides is 1. The Morgan fingerprint density at radius 1 is 1.15 bits per heavy atom. The van der Waals surface area contributed by atoms with Crippen LogP contribution in [0, 0.1) is 6.92 Å². The second kappa shape index (κ2) is 9.07. The molecule has 0 saturated carbocycles. The number of alkyl carbamates (subject to hydrolysis) is 1. The predicted molar refractivity (Wildman–Crippen MR) is 104 cm³/mol. The largest absolute Gasteiger partial charge is 0.469 e. The number of nitrogens with one attached hydrogen (secondary N) is 1. The lowest BCUT2D eigenvalue weighted by molar-refractivity contribution is -0.142. The van der Waals surface area contributed by atoms with Crippen LogP contribution in [0.15, 0.2) is 48.5 Å². The minimum absolute atomic E-state index is 0.0121. The van der Waals surface area contributed by atoms with Gasteiger partial charge in [-0.1, -0.05) is 36.4 Å². The molecule has 0 spiro atoms. The summed E-state index contributed by atoms with van der Waals surface area (Å²) in [5.74, 6) is -0.414. The van der Waals surface area contributed by atoms with Crippen LogP contribution in [0.25, 0.3) is 0 Å². The summed E-state index contributed by atoms with van der Waals surface area (Å²) in [7, 11) is 1.32. The maximum absolute atomic E-state index is 12.3. The summed E-state index contributed by atoms with van der Waals surface area (Å²) in [6.07, 6.45) is -0.163. The lowest BCUT2D eigenvalue weighted by Gasteiger charge is -2.30. The number of aryl methyl sites for hydroxylation is 1. The molecule has 0 aliphatic rings. The van der Waals surface area contributed by atoms with Crippen LogP contribution in [0.3, 0.4) is 0 Å². The number of rotatable bonds is 7. The lowest BCUT2D eigenvalue weighted by atomic mass is 9.87. The van der Waals surface area contributed by atoms with Crippen molar-refractivity contribution in [2.24, 2.45) is 0 Å². The van der Waals surface area contributed by atoms with E-state index >= 15 is 0 Å². The number of ether oxygens (including phenoxy) is 2. The van der Waals surface area contributed by atoms with E-state index in [0.717, 1.165) is 16.7 Å². The van der Waals surface area contributed by atoms with Gasteiger partial charge in [0.2, 0.25) is 0 Å². The zero-order valence-corrected chi connectivity index (χ0v) is 16.0. The molecule has 0 radical (unpaired) electrons. The zero-order valence-electron chi connectivity index (χ0n) is 16.0. The van der Waals surface area contributed by atoms with Gasteiger partial charge in [0.1, 0.15) is 6.61 Å². The first-order valence-electron chi connectivity index (χ1n) is 8.72. The summed E-state index contributed by atoms with van der Waals surface area (Å²) in [6.45, 7) is 3.90. The first-order chi connectivity index (χ1) is 12.8. The molecule has 0 aliphatic heterocycles. The number of nitrogens with two attached hydrogens (primary N) is 1. The van der Waals surface area contributed by atoms with E-state index < -0.39 is 17.6 Å². The summed E-state index contributed by atoms with van der Waals surface area (Å²) in [5.41, 5.74) is 8.50. The van der Waals surface area contributed by atoms with Crippen molar-refractivity contribution < 1.29 is 19.1 Å². The quantitative estimate of drug-likeness (QED) is 0.576. The minimum Gasteiger partial charge on any atom is -0.469 e. The number of benzene rings is 2. The Morgan fingerprint density at radius 3 is 2.52 bits per heavy atom. The van der Waals surface area contributed by atoms with Crippen molar-refractivity contribution in [3.05, 3.63) is 65.2 Å². The summed E-state index contributed by atoms with van der Waals surface area (Å²) >= 11 is 0. The van der Waals surface area contributed by atoms with Gasteiger partial charge < -0.3 is 20.5 Å². The second-order valence-electron chi connectivity index (χ2n) is 6.86. The van der Waals surface area contributed by atoms with Crippen molar-refractivity contribution in [1.82, 2.24) is 5.32 Å². The molecule has 0 bridgehead atoms. The molecule has 2 rings (SSSR count). The Labute approximate surface area is 159 Å². The maximum Gasteiger partial charge on any atom is 0.407 e. The fourth-order valence-electron chi connectivity index (χ4n) is 2.85. The maximum atomic E-state index is 12.3. The number of anilines is 1. The normalized spacial score (nSPS) is 12.7. The van der Waals surface area contributed by atoms with Crippen molar-refractivity contribution in [2.45, 2.75) is 38.8 Å². The van der Waals surface area contributed by atoms with Gasteiger partial charge in [-0.05, 0) is 49.1 Å². The molecule has 144 valence electrons. The van der Waals surface area contributed by atoms with Gasteiger partial charge in [-0.2, -0.15) is 0 Å². The highest BCUT2D eigenvalue weighted by Crippen LogP contribution is 2.23. The number of carbonyl (C=O) groups is 2. The molecule has 6 heteroatoms. The van der Waals surface area contributed by atoms with Gasteiger partial charge in [0.25, 0.3) is 0 Å². The van der Waals surface area contributed by atoms with Gasteiger partial charge in [0.05, 0.1) is 19.1 Å². The molecule has 0 heterocycles. The number of nitrogen functional groups attached to an aromatic ring is 1. The molecule has 0 aliphatic carbocycles. The van der Waals surface area contributed by atoms with Crippen molar-refractivity contribution in [1.29, 1.82) is 0 Å². The molecule has 3 N–H and O–H groups in total. The van der Waals surface area contributed by atoms with Crippen LogP contribution >= 0.6 is 0 Å². The Hall–Kier alpha value is -3.02.